The summed E-state index contributed by atoms with van der Waals surface area (Å²) in [5, 5.41) is 38.1. The SMILES string of the molecule is COc1ccc(OC)c(-c2noc(-c3ccccc3S(=O)(=O)c3ccc(C)cc3)n2)c1.COc1ccc(OC)c(-c2noc(-c3ccccc3S(=O)(=O)c3ccc([N+](=O)[O-])cc3)n2)c1.COc1ccc(OC)c(-c2noc(-c3ccccc3Sc3ccc(N)cc3)n2)c1.COc1ccc(OC)c(-c2noc(-c3ccccc3Sc3ccc([N+](=O)[O-])cc3)n2)c1.O=C=O. The lowest BCUT2D eigenvalue weighted by Gasteiger charge is -2.08. The summed E-state index contributed by atoms with van der Waals surface area (Å²) in [6.07, 6.45) is 0.250. The second-order valence-corrected chi connectivity index (χ2v) is 32.2. The molecule has 0 bridgehead atoms. The molecular weight excluding hydrogens is 1720 g/mol. The Bertz CT molecular complexity index is 6830. The summed E-state index contributed by atoms with van der Waals surface area (Å²) in [5.74, 6) is 6.86. The first kappa shape index (κ1) is 90.4. The van der Waals surface area contributed by atoms with Gasteiger partial charge in [0.25, 0.3) is 34.9 Å². The second-order valence-electron chi connectivity index (χ2n) is 26.1. The van der Waals surface area contributed by atoms with Gasteiger partial charge in [-0.05, 0) is 189 Å². The van der Waals surface area contributed by atoms with E-state index in [0.29, 0.717) is 97.2 Å². The molecule has 0 unspecified atom stereocenters. The maximum atomic E-state index is 13.3. The first-order valence-corrected chi connectivity index (χ1v) is 41.9. The summed E-state index contributed by atoms with van der Waals surface area (Å²) in [6.45, 7) is 1.90. The number of non-ortho nitro benzene ring substituents is 2. The van der Waals surface area contributed by atoms with Crippen LogP contribution in [0.5, 0.6) is 46.0 Å². The largest absolute Gasteiger partial charge is 0.497 e. The minimum absolute atomic E-state index is 0.0176. The lowest BCUT2D eigenvalue weighted by molar-refractivity contribution is -0.385. The highest BCUT2D eigenvalue weighted by Gasteiger charge is 2.29. The zero-order chi connectivity index (χ0) is 90.3. The minimum Gasteiger partial charge on any atom is -0.497 e. The average molecular weight is 1790 g/mol. The topological polar surface area (TPSA) is 444 Å². The Balaban J connectivity index is 0.000000152. The highest BCUT2D eigenvalue weighted by Crippen LogP contribution is 2.43. The number of carbonyl (C=O) groups excluding carboxylic acids is 2. The van der Waals surface area contributed by atoms with Crippen LogP contribution in [0.2, 0.25) is 0 Å². The van der Waals surface area contributed by atoms with Gasteiger partial charge in [-0.15, -0.1) is 0 Å². The Labute approximate surface area is 733 Å². The fraction of sp³-hybridized carbons (Fsp3) is 0.100. The summed E-state index contributed by atoms with van der Waals surface area (Å²) in [6, 6.07) is 74.7. The van der Waals surface area contributed by atoms with Gasteiger partial charge in [0.15, 0.2) is 0 Å². The van der Waals surface area contributed by atoms with E-state index in [4.69, 9.17) is 71.3 Å². The Hall–Kier alpha value is -15.8. The van der Waals surface area contributed by atoms with Crippen molar-refractivity contribution in [2.75, 3.05) is 62.6 Å². The van der Waals surface area contributed by atoms with Crippen LogP contribution in [0.3, 0.4) is 0 Å². The highest BCUT2D eigenvalue weighted by molar-refractivity contribution is 7.99. The van der Waals surface area contributed by atoms with Crippen molar-refractivity contribution in [2.45, 2.75) is 46.1 Å². The number of nitro benzene ring substituents is 2. The van der Waals surface area contributed by atoms with Crippen molar-refractivity contribution >= 4 is 66.4 Å². The summed E-state index contributed by atoms with van der Waals surface area (Å²) in [7, 11) is 4.66. The quantitative estimate of drug-likeness (QED) is 0.0299. The minimum atomic E-state index is -4.03. The van der Waals surface area contributed by atoms with Crippen LogP contribution in [0.25, 0.3) is 91.4 Å². The van der Waals surface area contributed by atoms with Crippen molar-refractivity contribution in [1.82, 2.24) is 40.6 Å². The molecule has 0 radical (unpaired) electrons. The maximum Gasteiger partial charge on any atom is 0.373 e. The van der Waals surface area contributed by atoms with Crippen LogP contribution >= 0.6 is 23.5 Å². The van der Waals surface area contributed by atoms with Crippen LogP contribution in [-0.2, 0) is 29.3 Å². The van der Waals surface area contributed by atoms with Crippen molar-refractivity contribution in [1.29, 1.82) is 0 Å². The zero-order valence-electron chi connectivity index (χ0n) is 68.6. The first-order chi connectivity index (χ1) is 61.5. The van der Waals surface area contributed by atoms with E-state index in [9.17, 15) is 37.1 Å². The van der Waals surface area contributed by atoms with Crippen molar-refractivity contribution in [3.05, 3.63) is 293 Å². The average Bonchev–Trinajstić information content (AvgIpc) is 1.38. The smallest absolute Gasteiger partial charge is 0.373 e. The van der Waals surface area contributed by atoms with Crippen molar-refractivity contribution < 1.29 is 92.3 Å². The lowest BCUT2D eigenvalue weighted by atomic mass is 10.1. The van der Waals surface area contributed by atoms with Crippen LogP contribution in [-0.4, -0.2) is 130 Å². The summed E-state index contributed by atoms with van der Waals surface area (Å²) in [4.78, 5) is 58.9. The van der Waals surface area contributed by atoms with Crippen LogP contribution in [0.1, 0.15) is 5.56 Å². The van der Waals surface area contributed by atoms with Gasteiger partial charge in [-0.25, -0.2) is 16.8 Å². The number of hydrogen-bond donors (Lipinski definition) is 1. The van der Waals surface area contributed by atoms with E-state index < -0.39 is 29.5 Å². The Kier molecular flexibility index (Phi) is 29.8. The normalized spacial score (nSPS) is 10.8. The van der Waals surface area contributed by atoms with Crippen LogP contribution in [0.4, 0.5) is 17.1 Å². The summed E-state index contributed by atoms with van der Waals surface area (Å²) >= 11 is 3.06. The number of ether oxygens (including phenoxy) is 8. The van der Waals surface area contributed by atoms with E-state index in [2.05, 4.69) is 40.6 Å². The number of benzene rings is 12. The molecule has 0 saturated heterocycles. The van der Waals surface area contributed by atoms with Crippen molar-refractivity contribution in [3.63, 3.8) is 0 Å². The van der Waals surface area contributed by atoms with Gasteiger partial charge in [0, 0.05) is 49.5 Å². The van der Waals surface area contributed by atoms with Gasteiger partial charge in [0.05, 0.1) is 131 Å². The molecule has 0 aliphatic heterocycles. The van der Waals surface area contributed by atoms with Crippen LogP contribution in [0, 0.1) is 27.2 Å². The third kappa shape index (κ3) is 21.6. The van der Waals surface area contributed by atoms with Crippen molar-refractivity contribution in [2.24, 2.45) is 0 Å². The van der Waals surface area contributed by atoms with E-state index in [1.165, 1.54) is 69.5 Å². The fourth-order valence-corrected chi connectivity index (χ4v) is 16.9. The summed E-state index contributed by atoms with van der Waals surface area (Å²) in [5.41, 5.74) is 11.9. The van der Waals surface area contributed by atoms with Gasteiger partial charge in [-0.2, -0.15) is 29.5 Å². The molecule has 127 heavy (non-hydrogen) atoms. The van der Waals surface area contributed by atoms with Gasteiger partial charge in [0.2, 0.25) is 43.0 Å². The second kappa shape index (κ2) is 41.8. The lowest BCUT2D eigenvalue weighted by Crippen LogP contribution is -2.04. The van der Waals surface area contributed by atoms with E-state index in [0.717, 1.165) is 54.1 Å². The van der Waals surface area contributed by atoms with Gasteiger partial charge in [-0.1, -0.05) is 110 Å². The number of sulfone groups is 2. The number of nitrogens with two attached hydrogens (primary N) is 1. The van der Waals surface area contributed by atoms with Gasteiger partial charge < -0.3 is 61.7 Å². The molecule has 0 fully saturated rings. The Morgan fingerprint density at radius 2 is 0.606 bits per heavy atom. The van der Waals surface area contributed by atoms with Crippen LogP contribution in [0.15, 0.2) is 324 Å². The fourth-order valence-electron chi connectivity index (χ4n) is 12.1. The monoisotopic (exact) mass is 1790 g/mol. The van der Waals surface area contributed by atoms with Gasteiger partial charge in [-0.3, -0.25) is 20.2 Å². The number of rotatable bonds is 26. The molecule has 0 saturated carbocycles. The molecule has 0 aliphatic rings. The number of methoxy groups -OCH3 is 8. The third-order valence-electron chi connectivity index (χ3n) is 18.4. The number of aryl methyl sites for hydroxylation is 1. The Morgan fingerprint density at radius 1 is 0.339 bits per heavy atom. The maximum absolute atomic E-state index is 13.3. The number of hydrogen-bond acceptors (Lipinski definition) is 33. The van der Waals surface area contributed by atoms with Crippen LogP contribution < -0.4 is 43.6 Å². The molecule has 16 aromatic rings. The molecule has 0 amide bonds. The molecule has 0 atom stereocenters. The molecule has 0 spiro atoms. The number of anilines is 1. The molecule has 37 heteroatoms. The van der Waals surface area contributed by atoms with E-state index in [1.54, 1.807) is 175 Å². The molecule has 644 valence electrons. The first-order valence-electron chi connectivity index (χ1n) is 37.4. The van der Waals surface area contributed by atoms with E-state index in [1.807, 2.05) is 97.9 Å². The molecule has 16 rings (SSSR count). The molecule has 2 N–H and O–H groups in total. The molecule has 0 aliphatic carbocycles. The number of nitro groups is 2. The molecule has 4 heterocycles. The zero-order valence-corrected chi connectivity index (χ0v) is 71.8. The summed E-state index contributed by atoms with van der Waals surface area (Å²) < 4.78 is 118. The standard InChI is InChI=1S/C23H20N2O5S.C22H17N3O7S.C22H17N3O5S.C22H19N3O3S.CO2/c1-15-8-11-17(12-9-15)31(26,27)21-7-5-4-6-18(21)23-24-22(25-30-23)19-14-16(28-2)10-13-20(19)29-3;1-30-15-9-12-19(31-2)18(13-15)21-23-22(32-24-21)17-5-3-4-6-20(17)33(28,29)16-10-7-14(8-11-16)25(26)27;1-28-15-9-12-19(29-2)18(13-15)21-23-22(30-24-21)17-5-3-4-6-20(17)31-16-10-7-14(8-11-16)25(26)27;1-26-15-9-12-19(27-2)18(13-15)21-24-22(28-25-21)17-5-3-4-6-20(17)29-16-10-7-14(23)8-11-16;2-1-3/h4-14H,1-3H3;3-13H,1-2H3;3-13H,1-2H3;3-13H,23H2,1-2H3;. The number of nitrogens with zero attached hydrogens (tertiary/aromatic N) is 10. The van der Waals surface area contributed by atoms with Gasteiger partial charge >= 0.3 is 6.15 Å². The molecular formula is C90H73N11O22S4. The third-order valence-corrected chi connectivity index (χ3v) is 24.2. The Morgan fingerprint density at radius 3 is 0.906 bits per heavy atom. The molecule has 12 aromatic carbocycles. The molecule has 4 aromatic heterocycles. The predicted octanol–water partition coefficient (Wildman–Crippen LogP) is 18.8. The van der Waals surface area contributed by atoms with Gasteiger partial charge in [0.1, 0.15) is 46.0 Å². The van der Waals surface area contributed by atoms with E-state index in [-0.39, 0.29) is 66.1 Å². The number of nitrogen functional groups attached to an aromatic ring is 1. The number of aromatic nitrogens is 8. The predicted molar refractivity (Wildman–Crippen MR) is 465 cm³/mol. The van der Waals surface area contributed by atoms with Crippen molar-refractivity contribution in [3.8, 4) is 137 Å². The molecule has 33 nitrogen and oxygen atoms in total. The highest BCUT2D eigenvalue weighted by atomic mass is 32.2. The van der Waals surface area contributed by atoms with E-state index >= 15 is 0 Å².